The molecule has 0 saturated carbocycles. The Kier molecular flexibility index (Phi) is 5.80. The fourth-order valence-electron chi connectivity index (χ4n) is 1.29. The Morgan fingerprint density at radius 1 is 1.50 bits per heavy atom. The van der Waals surface area contributed by atoms with E-state index in [0.29, 0.717) is 6.42 Å². The number of nitrogens with two attached hydrogens (primary N) is 1. The van der Waals surface area contributed by atoms with Crippen molar-refractivity contribution in [3.63, 3.8) is 0 Å². The summed E-state index contributed by atoms with van der Waals surface area (Å²) in [6.07, 6.45) is 1.18. The van der Waals surface area contributed by atoms with E-state index in [9.17, 15) is 4.79 Å². The summed E-state index contributed by atoms with van der Waals surface area (Å²) in [5.41, 5.74) is 6.14. The molecule has 0 atom stereocenters. The number of hydrogen-bond acceptors (Lipinski definition) is 2. The monoisotopic (exact) mass is 304 g/mol. The van der Waals surface area contributed by atoms with Crippen LogP contribution in [-0.4, -0.2) is 12.5 Å². The van der Waals surface area contributed by atoms with E-state index in [2.05, 4.69) is 21.2 Å². The molecule has 0 spiro atoms. The van der Waals surface area contributed by atoms with E-state index in [4.69, 9.17) is 17.3 Å². The number of primary amides is 1. The second-order valence-corrected chi connectivity index (χ2v) is 4.77. The van der Waals surface area contributed by atoms with E-state index in [-0.39, 0.29) is 5.91 Å². The zero-order valence-corrected chi connectivity index (χ0v) is 11.1. The first-order valence-electron chi connectivity index (χ1n) is 5.02. The molecule has 5 heteroatoms. The van der Waals surface area contributed by atoms with Gasteiger partial charge in [0.05, 0.1) is 0 Å². The minimum absolute atomic E-state index is 0.259. The summed E-state index contributed by atoms with van der Waals surface area (Å²) in [4.78, 5) is 10.5. The summed E-state index contributed by atoms with van der Waals surface area (Å²) in [6.45, 7) is 1.49. The van der Waals surface area contributed by atoms with Crippen LogP contribution in [0, 0.1) is 0 Å². The second-order valence-electron chi connectivity index (χ2n) is 3.48. The number of amides is 1. The standard InChI is InChI=1S/C11H14BrClN2O/c12-10-4-3-9(13)6-8(10)7-15-5-1-2-11(14)16/h3-4,6,15H,1-2,5,7H2,(H2,14,16). The highest BCUT2D eigenvalue weighted by molar-refractivity contribution is 9.10. The summed E-state index contributed by atoms with van der Waals surface area (Å²) in [7, 11) is 0. The Labute approximate surface area is 108 Å². The highest BCUT2D eigenvalue weighted by Gasteiger charge is 2.00. The van der Waals surface area contributed by atoms with Gasteiger partial charge in [-0.15, -0.1) is 0 Å². The van der Waals surface area contributed by atoms with E-state index in [1.807, 2.05) is 18.2 Å². The topological polar surface area (TPSA) is 55.1 Å². The summed E-state index contributed by atoms with van der Waals surface area (Å²) in [5, 5.41) is 3.95. The van der Waals surface area contributed by atoms with Gasteiger partial charge in [-0.2, -0.15) is 0 Å². The third-order valence-electron chi connectivity index (χ3n) is 2.10. The minimum Gasteiger partial charge on any atom is -0.370 e. The lowest BCUT2D eigenvalue weighted by atomic mass is 10.2. The molecule has 1 aromatic carbocycles. The first kappa shape index (κ1) is 13.5. The third kappa shape index (κ3) is 4.96. The largest absolute Gasteiger partial charge is 0.370 e. The van der Waals surface area contributed by atoms with Crippen LogP contribution in [0.3, 0.4) is 0 Å². The van der Waals surface area contributed by atoms with Crippen LogP contribution in [0.15, 0.2) is 22.7 Å². The number of benzene rings is 1. The van der Waals surface area contributed by atoms with Crippen molar-refractivity contribution < 1.29 is 4.79 Å². The Hall–Kier alpha value is -0.580. The summed E-state index contributed by atoms with van der Waals surface area (Å²) < 4.78 is 1.03. The number of hydrogen-bond donors (Lipinski definition) is 2. The number of rotatable bonds is 6. The molecule has 0 unspecified atom stereocenters. The van der Waals surface area contributed by atoms with Crippen LogP contribution < -0.4 is 11.1 Å². The van der Waals surface area contributed by atoms with Gasteiger partial charge in [-0.05, 0) is 36.7 Å². The van der Waals surface area contributed by atoms with Crippen LogP contribution in [-0.2, 0) is 11.3 Å². The Morgan fingerprint density at radius 2 is 2.25 bits per heavy atom. The number of carbonyl (C=O) groups is 1. The highest BCUT2D eigenvalue weighted by Crippen LogP contribution is 2.20. The van der Waals surface area contributed by atoms with Crippen molar-refractivity contribution in [1.82, 2.24) is 5.32 Å². The first-order chi connectivity index (χ1) is 7.59. The van der Waals surface area contributed by atoms with E-state index < -0.39 is 0 Å². The maximum Gasteiger partial charge on any atom is 0.217 e. The Balaban J connectivity index is 2.31. The van der Waals surface area contributed by atoms with Gasteiger partial charge in [0.25, 0.3) is 0 Å². The van der Waals surface area contributed by atoms with E-state index in [1.54, 1.807) is 0 Å². The van der Waals surface area contributed by atoms with Crippen LogP contribution in [0.4, 0.5) is 0 Å². The normalized spacial score (nSPS) is 10.4. The smallest absolute Gasteiger partial charge is 0.217 e. The lowest BCUT2D eigenvalue weighted by Crippen LogP contribution is -2.18. The first-order valence-corrected chi connectivity index (χ1v) is 6.19. The predicted octanol–water partition coefficient (Wildman–Crippen LogP) is 2.46. The summed E-state index contributed by atoms with van der Waals surface area (Å²) in [5.74, 6) is -0.259. The van der Waals surface area contributed by atoms with Gasteiger partial charge in [0, 0.05) is 22.5 Å². The summed E-state index contributed by atoms with van der Waals surface area (Å²) in [6, 6.07) is 5.66. The van der Waals surface area contributed by atoms with Crippen molar-refractivity contribution in [1.29, 1.82) is 0 Å². The molecule has 0 fully saturated rings. The minimum atomic E-state index is -0.259. The second kappa shape index (κ2) is 6.89. The number of nitrogens with one attached hydrogen (secondary N) is 1. The molecule has 88 valence electrons. The maximum atomic E-state index is 10.5. The van der Waals surface area contributed by atoms with Crippen LogP contribution in [0.2, 0.25) is 5.02 Å². The SMILES string of the molecule is NC(=O)CCCNCc1cc(Cl)ccc1Br. The number of carbonyl (C=O) groups excluding carboxylic acids is 1. The van der Waals surface area contributed by atoms with Crippen molar-refractivity contribution in [3.05, 3.63) is 33.3 Å². The Bertz CT molecular complexity index is 371. The van der Waals surface area contributed by atoms with Gasteiger partial charge in [-0.3, -0.25) is 4.79 Å². The molecule has 0 saturated heterocycles. The Morgan fingerprint density at radius 3 is 2.94 bits per heavy atom. The highest BCUT2D eigenvalue weighted by atomic mass is 79.9. The molecule has 0 aliphatic heterocycles. The lowest BCUT2D eigenvalue weighted by Gasteiger charge is -2.06. The van der Waals surface area contributed by atoms with Crippen molar-refractivity contribution in [3.8, 4) is 0 Å². The zero-order valence-electron chi connectivity index (χ0n) is 8.80. The molecular formula is C11H14BrClN2O. The fourth-order valence-corrected chi connectivity index (χ4v) is 1.87. The molecule has 1 aromatic rings. The van der Waals surface area contributed by atoms with Gasteiger partial charge in [0.2, 0.25) is 5.91 Å². The van der Waals surface area contributed by atoms with Gasteiger partial charge < -0.3 is 11.1 Å². The molecule has 0 bridgehead atoms. The molecule has 0 aromatic heterocycles. The molecule has 1 amide bonds. The van der Waals surface area contributed by atoms with Crippen molar-refractivity contribution in [2.75, 3.05) is 6.54 Å². The van der Waals surface area contributed by atoms with Crippen LogP contribution in [0.25, 0.3) is 0 Å². The average Bonchev–Trinajstić information content (AvgIpc) is 2.22. The average molecular weight is 306 g/mol. The number of halogens is 2. The molecule has 1 rings (SSSR count). The molecule has 0 radical (unpaired) electrons. The van der Waals surface area contributed by atoms with Crippen molar-refractivity contribution in [2.24, 2.45) is 5.73 Å². The van der Waals surface area contributed by atoms with Gasteiger partial charge in [0.15, 0.2) is 0 Å². The predicted molar refractivity (Wildman–Crippen MR) is 69.3 cm³/mol. The van der Waals surface area contributed by atoms with Gasteiger partial charge in [-0.25, -0.2) is 0 Å². The van der Waals surface area contributed by atoms with Gasteiger partial charge in [0.1, 0.15) is 0 Å². The van der Waals surface area contributed by atoms with Gasteiger partial charge in [-0.1, -0.05) is 27.5 Å². The molecular weight excluding hydrogens is 291 g/mol. The zero-order chi connectivity index (χ0) is 12.0. The van der Waals surface area contributed by atoms with E-state index in [1.165, 1.54) is 0 Å². The molecule has 0 heterocycles. The third-order valence-corrected chi connectivity index (χ3v) is 3.11. The quantitative estimate of drug-likeness (QED) is 0.793. The fraction of sp³-hybridized carbons (Fsp3) is 0.364. The van der Waals surface area contributed by atoms with Crippen LogP contribution in [0.1, 0.15) is 18.4 Å². The molecule has 3 N–H and O–H groups in total. The lowest BCUT2D eigenvalue weighted by molar-refractivity contribution is -0.118. The molecule has 16 heavy (non-hydrogen) atoms. The molecule has 3 nitrogen and oxygen atoms in total. The van der Waals surface area contributed by atoms with E-state index in [0.717, 1.165) is 34.6 Å². The molecule has 0 aliphatic rings. The van der Waals surface area contributed by atoms with Gasteiger partial charge >= 0.3 is 0 Å². The van der Waals surface area contributed by atoms with Crippen molar-refractivity contribution in [2.45, 2.75) is 19.4 Å². The van der Waals surface area contributed by atoms with Crippen molar-refractivity contribution >= 4 is 33.4 Å². The molecule has 0 aliphatic carbocycles. The van der Waals surface area contributed by atoms with E-state index >= 15 is 0 Å². The van der Waals surface area contributed by atoms with Crippen LogP contribution >= 0.6 is 27.5 Å². The van der Waals surface area contributed by atoms with Crippen LogP contribution in [0.5, 0.6) is 0 Å². The maximum absolute atomic E-state index is 10.5. The summed E-state index contributed by atoms with van der Waals surface area (Å²) >= 11 is 9.34.